The van der Waals surface area contributed by atoms with Crippen LogP contribution in [0.3, 0.4) is 0 Å². The van der Waals surface area contributed by atoms with Crippen molar-refractivity contribution in [2.45, 2.75) is 38.5 Å². The van der Waals surface area contributed by atoms with Gasteiger partial charge in [-0.25, -0.2) is 0 Å². The average Bonchev–Trinajstić information content (AvgIpc) is 2.41. The highest BCUT2D eigenvalue weighted by atomic mass is 16.5. The lowest BCUT2D eigenvalue weighted by atomic mass is 9.92. The van der Waals surface area contributed by atoms with Gasteiger partial charge in [-0.05, 0) is 12.5 Å². The molecule has 0 radical (unpaired) electrons. The molecule has 0 spiro atoms. The number of ether oxygens (including phenoxy) is 1. The van der Waals surface area contributed by atoms with Gasteiger partial charge in [0.1, 0.15) is 12.4 Å². The Bertz CT molecular complexity index is 412. The topological polar surface area (TPSA) is 46.5 Å². The highest BCUT2D eigenvalue weighted by molar-refractivity contribution is 5.77. The van der Waals surface area contributed by atoms with Crippen molar-refractivity contribution in [3.05, 3.63) is 42.5 Å². The van der Waals surface area contributed by atoms with Gasteiger partial charge in [-0.1, -0.05) is 57.0 Å². The number of benzene rings is 1. The Morgan fingerprint density at radius 3 is 2.79 bits per heavy atom. The van der Waals surface area contributed by atoms with Crippen molar-refractivity contribution >= 4 is 5.97 Å². The molecule has 0 heterocycles. The second-order valence-electron chi connectivity index (χ2n) is 4.52. The van der Waals surface area contributed by atoms with Crippen LogP contribution in [0.15, 0.2) is 36.9 Å². The molecule has 1 N–H and O–H groups in total. The van der Waals surface area contributed by atoms with Crippen LogP contribution in [0.1, 0.15) is 44.1 Å². The lowest BCUT2D eigenvalue weighted by Gasteiger charge is -2.16. The molecule has 0 aliphatic heterocycles. The fraction of sp³-hybridized carbons (Fsp3) is 0.438. The molecule has 0 aliphatic rings. The summed E-state index contributed by atoms with van der Waals surface area (Å²) in [5.74, 6) is -0.635. The van der Waals surface area contributed by atoms with Gasteiger partial charge >= 0.3 is 5.97 Å². The summed E-state index contributed by atoms with van der Waals surface area (Å²) in [7, 11) is 0. The molecule has 104 valence electrons. The zero-order valence-corrected chi connectivity index (χ0v) is 11.5. The minimum absolute atomic E-state index is 0.387. The Morgan fingerprint density at radius 1 is 1.42 bits per heavy atom. The molecule has 1 aromatic carbocycles. The van der Waals surface area contributed by atoms with E-state index in [1.54, 1.807) is 6.08 Å². The average molecular weight is 262 g/mol. The molecule has 3 nitrogen and oxygen atoms in total. The molecule has 0 saturated heterocycles. The summed E-state index contributed by atoms with van der Waals surface area (Å²) in [5, 5.41) is 9.40. The third-order valence-corrected chi connectivity index (χ3v) is 3.05. The molecular formula is C16H22O3. The number of carbonyl (C=O) groups is 1. The SMILES string of the molecule is C=CCOc1ccccc1C(CCCCC)C(=O)O. The highest BCUT2D eigenvalue weighted by Gasteiger charge is 2.22. The van der Waals surface area contributed by atoms with Gasteiger partial charge in [0.15, 0.2) is 0 Å². The Labute approximate surface area is 114 Å². The molecule has 0 saturated carbocycles. The van der Waals surface area contributed by atoms with E-state index in [0.717, 1.165) is 24.8 Å². The van der Waals surface area contributed by atoms with E-state index in [-0.39, 0.29) is 0 Å². The van der Waals surface area contributed by atoms with Crippen LogP contribution >= 0.6 is 0 Å². The van der Waals surface area contributed by atoms with Crippen molar-refractivity contribution in [2.24, 2.45) is 0 Å². The largest absolute Gasteiger partial charge is 0.489 e. The first-order chi connectivity index (χ1) is 9.20. The normalized spacial score (nSPS) is 11.8. The zero-order chi connectivity index (χ0) is 14.1. The van der Waals surface area contributed by atoms with E-state index < -0.39 is 11.9 Å². The van der Waals surface area contributed by atoms with Crippen molar-refractivity contribution in [1.29, 1.82) is 0 Å². The Morgan fingerprint density at radius 2 is 2.16 bits per heavy atom. The van der Waals surface area contributed by atoms with Crippen molar-refractivity contribution in [1.82, 2.24) is 0 Å². The van der Waals surface area contributed by atoms with E-state index in [1.165, 1.54) is 0 Å². The van der Waals surface area contributed by atoms with Crippen LogP contribution in [0.25, 0.3) is 0 Å². The lowest BCUT2D eigenvalue weighted by molar-refractivity contribution is -0.139. The Balaban J connectivity index is 2.87. The van der Waals surface area contributed by atoms with Crippen LogP contribution in [0.5, 0.6) is 5.75 Å². The maximum absolute atomic E-state index is 11.4. The van der Waals surface area contributed by atoms with Crippen LogP contribution in [0, 0.1) is 0 Å². The Hall–Kier alpha value is -1.77. The first-order valence-electron chi connectivity index (χ1n) is 6.76. The smallest absolute Gasteiger partial charge is 0.311 e. The predicted molar refractivity (Wildman–Crippen MR) is 76.7 cm³/mol. The fourth-order valence-corrected chi connectivity index (χ4v) is 2.06. The minimum atomic E-state index is -0.786. The van der Waals surface area contributed by atoms with Crippen molar-refractivity contribution in [3.8, 4) is 5.75 Å². The maximum atomic E-state index is 11.4. The highest BCUT2D eigenvalue weighted by Crippen LogP contribution is 2.30. The summed E-state index contributed by atoms with van der Waals surface area (Å²) in [4.78, 5) is 11.4. The second-order valence-corrected chi connectivity index (χ2v) is 4.52. The molecule has 1 unspecified atom stereocenters. The summed E-state index contributed by atoms with van der Waals surface area (Å²) in [5.41, 5.74) is 0.757. The lowest BCUT2D eigenvalue weighted by Crippen LogP contribution is -2.13. The van der Waals surface area contributed by atoms with Gasteiger partial charge in [-0.15, -0.1) is 0 Å². The van der Waals surface area contributed by atoms with E-state index >= 15 is 0 Å². The van der Waals surface area contributed by atoms with E-state index in [4.69, 9.17) is 4.74 Å². The molecule has 1 rings (SSSR count). The number of carboxylic acid groups (broad SMARTS) is 1. The summed E-state index contributed by atoms with van der Waals surface area (Å²) in [6.45, 7) is 6.10. The number of aliphatic carboxylic acids is 1. The fourth-order valence-electron chi connectivity index (χ4n) is 2.06. The summed E-state index contributed by atoms with van der Waals surface area (Å²) in [6.07, 6.45) is 5.37. The molecule has 1 atom stereocenters. The standard InChI is InChI=1S/C16H22O3/c1-3-5-6-10-14(16(17)18)13-9-7-8-11-15(13)19-12-4-2/h4,7-9,11,14H,2-3,5-6,10,12H2,1H3,(H,17,18). The van der Waals surface area contributed by atoms with E-state index in [0.29, 0.717) is 18.8 Å². The number of para-hydroxylation sites is 1. The van der Waals surface area contributed by atoms with Crippen LogP contribution in [0.4, 0.5) is 0 Å². The third-order valence-electron chi connectivity index (χ3n) is 3.05. The van der Waals surface area contributed by atoms with Crippen molar-refractivity contribution in [3.63, 3.8) is 0 Å². The molecule has 19 heavy (non-hydrogen) atoms. The van der Waals surface area contributed by atoms with Gasteiger partial charge in [0.25, 0.3) is 0 Å². The van der Waals surface area contributed by atoms with Crippen molar-refractivity contribution < 1.29 is 14.6 Å². The molecule has 0 amide bonds. The van der Waals surface area contributed by atoms with Crippen LogP contribution in [-0.4, -0.2) is 17.7 Å². The van der Waals surface area contributed by atoms with E-state index in [9.17, 15) is 9.90 Å². The quantitative estimate of drug-likeness (QED) is 0.540. The number of unbranched alkanes of at least 4 members (excludes halogenated alkanes) is 2. The van der Waals surface area contributed by atoms with E-state index in [2.05, 4.69) is 13.5 Å². The zero-order valence-electron chi connectivity index (χ0n) is 11.5. The molecule has 1 aromatic rings. The monoisotopic (exact) mass is 262 g/mol. The number of hydrogen-bond donors (Lipinski definition) is 1. The van der Waals surface area contributed by atoms with Gasteiger partial charge in [0, 0.05) is 5.56 Å². The first kappa shape index (κ1) is 15.3. The maximum Gasteiger partial charge on any atom is 0.311 e. The molecule has 0 bridgehead atoms. The number of carboxylic acids is 1. The molecule has 0 aliphatic carbocycles. The summed E-state index contributed by atoms with van der Waals surface area (Å²) in [6, 6.07) is 7.36. The number of hydrogen-bond acceptors (Lipinski definition) is 2. The Kier molecular flexibility index (Phi) is 6.72. The summed E-state index contributed by atoms with van der Waals surface area (Å²) < 4.78 is 5.54. The van der Waals surface area contributed by atoms with Crippen LogP contribution in [-0.2, 0) is 4.79 Å². The van der Waals surface area contributed by atoms with E-state index in [1.807, 2.05) is 24.3 Å². The van der Waals surface area contributed by atoms with Gasteiger partial charge < -0.3 is 9.84 Å². The molecule has 3 heteroatoms. The van der Waals surface area contributed by atoms with Gasteiger partial charge in [0.2, 0.25) is 0 Å². The number of rotatable bonds is 9. The molecule has 0 aromatic heterocycles. The first-order valence-corrected chi connectivity index (χ1v) is 6.76. The predicted octanol–water partition coefficient (Wildman–Crippen LogP) is 4.00. The van der Waals surface area contributed by atoms with Gasteiger partial charge in [-0.3, -0.25) is 4.79 Å². The van der Waals surface area contributed by atoms with Crippen LogP contribution < -0.4 is 4.74 Å². The van der Waals surface area contributed by atoms with Crippen molar-refractivity contribution in [2.75, 3.05) is 6.61 Å². The van der Waals surface area contributed by atoms with Crippen LogP contribution in [0.2, 0.25) is 0 Å². The minimum Gasteiger partial charge on any atom is -0.489 e. The molecule has 0 fully saturated rings. The summed E-state index contributed by atoms with van der Waals surface area (Å²) >= 11 is 0. The molecular weight excluding hydrogens is 240 g/mol. The van der Waals surface area contributed by atoms with Gasteiger partial charge in [-0.2, -0.15) is 0 Å². The second kappa shape index (κ2) is 8.35. The van der Waals surface area contributed by atoms with Gasteiger partial charge in [0.05, 0.1) is 5.92 Å². The third kappa shape index (κ3) is 4.78.